The lowest BCUT2D eigenvalue weighted by Crippen LogP contribution is -2.16. The number of para-hydroxylation sites is 1. The van der Waals surface area contributed by atoms with Crippen molar-refractivity contribution in [1.82, 2.24) is 9.78 Å². The first kappa shape index (κ1) is 15.9. The lowest BCUT2D eigenvalue weighted by molar-refractivity contribution is 0.0489. The molecule has 1 amide bonds. The van der Waals surface area contributed by atoms with Crippen LogP contribution in [0.2, 0.25) is 0 Å². The lowest BCUT2D eigenvalue weighted by Gasteiger charge is -2.10. The molecule has 3 rings (SSSR count). The predicted molar refractivity (Wildman–Crippen MR) is 91.2 cm³/mol. The molecule has 2 aromatic heterocycles. The van der Waals surface area contributed by atoms with E-state index in [9.17, 15) is 9.59 Å². The topological polar surface area (TPSA) is 73.2 Å². The third-order valence-corrected chi connectivity index (χ3v) is 4.12. The zero-order chi connectivity index (χ0) is 16.8. The third kappa shape index (κ3) is 3.88. The van der Waals surface area contributed by atoms with Crippen LogP contribution in [0.15, 0.2) is 60.2 Å². The highest BCUT2D eigenvalue weighted by Crippen LogP contribution is 2.18. The fourth-order valence-corrected chi connectivity index (χ4v) is 2.72. The van der Waals surface area contributed by atoms with Gasteiger partial charge in [0.05, 0.1) is 22.7 Å². The summed E-state index contributed by atoms with van der Waals surface area (Å²) in [7, 11) is 0. The van der Waals surface area contributed by atoms with Crippen LogP contribution in [0.25, 0.3) is 0 Å². The molecule has 2 heterocycles. The van der Waals surface area contributed by atoms with Gasteiger partial charge in [-0.3, -0.25) is 9.48 Å². The summed E-state index contributed by atoms with van der Waals surface area (Å²) in [6, 6.07) is 12.1. The molecule has 0 aliphatic carbocycles. The molecule has 1 aromatic carbocycles. The number of nitrogens with one attached hydrogen (secondary N) is 1. The molecule has 0 bridgehead atoms. The molecule has 0 atom stereocenters. The Hall–Kier alpha value is -2.93. The molecule has 0 saturated carbocycles. The summed E-state index contributed by atoms with van der Waals surface area (Å²) < 4.78 is 6.94. The Morgan fingerprint density at radius 3 is 2.79 bits per heavy atom. The summed E-state index contributed by atoms with van der Waals surface area (Å²) in [6.45, 7) is 0.677. The van der Waals surface area contributed by atoms with Gasteiger partial charge in [0, 0.05) is 12.4 Å². The van der Waals surface area contributed by atoms with Gasteiger partial charge >= 0.3 is 5.97 Å². The Morgan fingerprint density at radius 1 is 1.17 bits per heavy atom. The Bertz CT molecular complexity index is 813. The predicted octanol–water partition coefficient (Wildman–Crippen LogP) is 3.05. The summed E-state index contributed by atoms with van der Waals surface area (Å²) in [6.07, 6.45) is 3.46. The summed E-state index contributed by atoms with van der Waals surface area (Å²) in [4.78, 5) is 25.0. The fraction of sp³-hybridized carbons (Fsp3) is 0.118. The Morgan fingerprint density at radius 2 is 2.04 bits per heavy atom. The number of hydrogen-bond donors (Lipinski definition) is 1. The summed E-state index contributed by atoms with van der Waals surface area (Å²) in [5.41, 5.74) is 0.753. The number of carbonyl (C=O) groups is 2. The van der Waals surface area contributed by atoms with Gasteiger partial charge in [-0.15, -0.1) is 11.3 Å². The van der Waals surface area contributed by atoms with Crippen molar-refractivity contribution in [3.8, 4) is 0 Å². The van der Waals surface area contributed by atoms with Crippen LogP contribution < -0.4 is 5.32 Å². The Kier molecular flexibility index (Phi) is 5.02. The van der Waals surface area contributed by atoms with Crippen LogP contribution >= 0.6 is 11.3 Å². The summed E-state index contributed by atoms with van der Waals surface area (Å²) >= 11 is 1.34. The van der Waals surface area contributed by atoms with Gasteiger partial charge in [0.2, 0.25) is 0 Å². The maximum Gasteiger partial charge on any atom is 0.340 e. The molecule has 0 aliphatic rings. The molecule has 0 spiro atoms. The van der Waals surface area contributed by atoms with Gasteiger partial charge in [-0.2, -0.15) is 5.10 Å². The van der Waals surface area contributed by atoms with E-state index in [-0.39, 0.29) is 12.5 Å². The average Bonchev–Trinajstić information content (AvgIpc) is 3.29. The van der Waals surface area contributed by atoms with Crippen molar-refractivity contribution in [2.45, 2.75) is 6.54 Å². The van der Waals surface area contributed by atoms with Crippen LogP contribution in [0.1, 0.15) is 20.0 Å². The van der Waals surface area contributed by atoms with E-state index in [1.165, 1.54) is 11.3 Å². The minimum absolute atomic E-state index is 0.202. The first-order valence-electron chi connectivity index (χ1n) is 7.32. The van der Waals surface area contributed by atoms with Gasteiger partial charge in [0.1, 0.15) is 6.61 Å². The maximum absolute atomic E-state index is 12.3. The van der Waals surface area contributed by atoms with Crippen LogP contribution in [-0.4, -0.2) is 28.3 Å². The number of carbonyl (C=O) groups excluding carboxylic acids is 2. The molecule has 6 nitrogen and oxygen atoms in total. The van der Waals surface area contributed by atoms with Crippen LogP contribution in [0, 0.1) is 0 Å². The number of rotatable bonds is 6. The molecule has 0 radical (unpaired) electrons. The van der Waals surface area contributed by atoms with Gasteiger partial charge in [0.15, 0.2) is 0 Å². The monoisotopic (exact) mass is 341 g/mol. The van der Waals surface area contributed by atoms with Gasteiger partial charge < -0.3 is 10.1 Å². The number of hydrogen-bond acceptors (Lipinski definition) is 5. The van der Waals surface area contributed by atoms with Crippen LogP contribution in [-0.2, 0) is 11.3 Å². The van der Waals surface area contributed by atoms with Gasteiger partial charge in [-0.05, 0) is 29.6 Å². The minimum atomic E-state index is -0.482. The smallest absolute Gasteiger partial charge is 0.340 e. The number of ether oxygens (including phenoxy) is 1. The number of anilines is 1. The van der Waals surface area contributed by atoms with Crippen molar-refractivity contribution in [3.05, 3.63) is 70.7 Å². The van der Waals surface area contributed by atoms with Crippen molar-refractivity contribution in [2.24, 2.45) is 0 Å². The second kappa shape index (κ2) is 7.56. The number of aromatic nitrogens is 2. The lowest BCUT2D eigenvalue weighted by atomic mass is 10.2. The number of esters is 1. The largest absolute Gasteiger partial charge is 0.460 e. The highest BCUT2D eigenvalue weighted by atomic mass is 32.1. The van der Waals surface area contributed by atoms with Crippen LogP contribution in [0.3, 0.4) is 0 Å². The van der Waals surface area contributed by atoms with E-state index in [0.29, 0.717) is 22.7 Å². The van der Waals surface area contributed by atoms with E-state index in [0.717, 1.165) is 0 Å². The normalized spacial score (nSPS) is 10.3. The Balaban J connectivity index is 1.64. The third-order valence-electron chi connectivity index (χ3n) is 3.25. The van der Waals surface area contributed by atoms with Crippen molar-refractivity contribution in [3.63, 3.8) is 0 Å². The molecule has 3 aromatic rings. The van der Waals surface area contributed by atoms with Crippen molar-refractivity contribution in [2.75, 3.05) is 11.9 Å². The molecule has 0 unspecified atom stereocenters. The highest BCUT2D eigenvalue weighted by molar-refractivity contribution is 7.12. The van der Waals surface area contributed by atoms with Gasteiger partial charge in [0.25, 0.3) is 5.91 Å². The van der Waals surface area contributed by atoms with E-state index in [4.69, 9.17) is 4.74 Å². The van der Waals surface area contributed by atoms with Crippen molar-refractivity contribution >= 4 is 28.9 Å². The van der Waals surface area contributed by atoms with E-state index in [1.54, 1.807) is 59.5 Å². The molecule has 122 valence electrons. The molecule has 24 heavy (non-hydrogen) atoms. The molecule has 0 aliphatic heterocycles. The Labute approximate surface area is 142 Å². The fourth-order valence-electron chi connectivity index (χ4n) is 2.10. The maximum atomic E-state index is 12.3. The number of nitrogens with zero attached hydrogens (tertiary/aromatic N) is 2. The van der Waals surface area contributed by atoms with Crippen molar-refractivity contribution < 1.29 is 14.3 Å². The molecule has 1 N–H and O–H groups in total. The highest BCUT2D eigenvalue weighted by Gasteiger charge is 2.15. The first-order valence-corrected chi connectivity index (χ1v) is 8.20. The van der Waals surface area contributed by atoms with Gasteiger partial charge in [-0.25, -0.2) is 4.79 Å². The number of benzene rings is 1. The average molecular weight is 341 g/mol. The molecule has 0 fully saturated rings. The quantitative estimate of drug-likeness (QED) is 0.699. The molecular weight excluding hydrogens is 326 g/mol. The SMILES string of the molecule is O=C(Nc1ccccc1C(=O)OCCn1cccn1)c1cccs1. The number of amides is 1. The zero-order valence-electron chi connectivity index (χ0n) is 12.7. The van der Waals surface area contributed by atoms with Crippen LogP contribution in [0.4, 0.5) is 5.69 Å². The second-order valence-electron chi connectivity index (χ2n) is 4.88. The first-order chi connectivity index (χ1) is 11.7. The molecule has 0 saturated heterocycles. The standard InChI is InChI=1S/C17H15N3O3S/c21-16(15-7-3-12-24-15)19-14-6-2-1-5-13(14)17(22)23-11-10-20-9-4-8-18-20/h1-9,12H,10-11H2,(H,19,21). The summed E-state index contributed by atoms with van der Waals surface area (Å²) in [5.74, 6) is -0.731. The van der Waals surface area contributed by atoms with E-state index in [1.807, 2.05) is 5.38 Å². The summed E-state index contributed by atoms with van der Waals surface area (Å²) in [5, 5.41) is 8.62. The van der Waals surface area contributed by atoms with E-state index < -0.39 is 5.97 Å². The molecule has 7 heteroatoms. The molecular formula is C17H15N3O3S. The van der Waals surface area contributed by atoms with Crippen LogP contribution in [0.5, 0.6) is 0 Å². The van der Waals surface area contributed by atoms with E-state index >= 15 is 0 Å². The van der Waals surface area contributed by atoms with Crippen molar-refractivity contribution in [1.29, 1.82) is 0 Å². The van der Waals surface area contributed by atoms with Gasteiger partial charge in [-0.1, -0.05) is 18.2 Å². The minimum Gasteiger partial charge on any atom is -0.460 e. The van der Waals surface area contributed by atoms with E-state index in [2.05, 4.69) is 10.4 Å². The zero-order valence-corrected chi connectivity index (χ0v) is 13.5. The second-order valence-corrected chi connectivity index (χ2v) is 5.83. The number of thiophene rings is 1.